The number of ether oxygens (including phenoxy) is 1. The molecule has 1 aliphatic heterocycles. The highest BCUT2D eigenvalue weighted by Crippen LogP contribution is 2.35. The molecule has 1 atom stereocenters. The van der Waals surface area contributed by atoms with Crippen molar-refractivity contribution in [1.82, 2.24) is 9.80 Å². The molecule has 2 rings (SSSR count). The van der Waals surface area contributed by atoms with E-state index in [1.165, 1.54) is 5.56 Å². The number of piperazine rings is 1. The molecule has 1 heterocycles. The third kappa shape index (κ3) is 2.42. The molecule has 1 aliphatic rings. The first-order chi connectivity index (χ1) is 8.47. The van der Waals surface area contributed by atoms with Crippen molar-refractivity contribution in [2.45, 2.75) is 12.5 Å². The SMILES string of the molecule is COc1ccc(C2(C)CN(C)CCN2C)cc1Br. The van der Waals surface area contributed by atoms with Crippen molar-refractivity contribution in [2.24, 2.45) is 0 Å². The van der Waals surface area contributed by atoms with E-state index in [1.54, 1.807) is 7.11 Å². The molecule has 0 aromatic heterocycles. The lowest BCUT2D eigenvalue weighted by molar-refractivity contribution is 0.0379. The van der Waals surface area contributed by atoms with E-state index in [0.29, 0.717) is 0 Å². The highest BCUT2D eigenvalue weighted by Gasteiger charge is 2.36. The van der Waals surface area contributed by atoms with Gasteiger partial charge in [0.05, 0.1) is 17.1 Å². The summed E-state index contributed by atoms with van der Waals surface area (Å²) < 4.78 is 6.32. The number of benzene rings is 1. The summed E-state index contributed by atoms with van der Waals surface area (Å²) in [7, 11) is 6.08. The lowest BCUT2D eigenvalue weighted by Gasteiger charge is -2.46. The van der Waals surface area contributed by atoms with E-state index in [-0.39, 0.29) is 5.54 Å². The Morgan fingerprint density at radius 3 is 2.61 bits per heavy atom. The summed E-state index contributed by atoms with van der Waals surface area (Å²) in [6.07, 6.45) is 0. The maximum absolute atomic E-state index is 5.30. The molecule has 0 saturated carbocycles. The topological polar surface area (TPSA) is 15.7 Å². The predicted octanol–water partition coefficient (Wildman–Crippen LogP) is 2.55. The lowest BCUT2D eigenvalue weighted by Crippen LogP contribution is -2.56. The zero-order valence-electron chi connectivity index (χ0n) is 11.5. The Kier molecular flexibility index (Phi) is 3.99. The van der Waals surface area contributed by atoms with E-state index < -0.39 is 0 Å². The van der Waals surface area contributed by atoms with Gasteiger partial charge in [-0.25, -0.2) is 0 Å². The van der Waals surface area contributed by atoms with Crippen molar-refractivity contribution in [3.63, 3.8) is 0 Å². The Bertz CT molecular complexity index is 438. The minimum Gasteiger partial charge on any atom is -0.496 e. The molecule has 0 bridgehead atoms. The van der Waals surface area contributed by atoms with Crippen LogP contribution in [0.2, 0.25) is 0 Å². The normalized spacial score (nSPS) is 26.3. The maximum Gasteiger partial charge on any atom is 0.133 e. The van der Waals surface area contributed by atoms with Gasteiger partial charge in [-0.05, 0) is 54.6 Å². The smallest absolute Gasteiger partial charge is 0.133 e. The van der Waals surface area contributed by atoms with Gasteiger partial charge in [0.25, 0.3) is 0 Å². The molecule has 1 aromatic rings. The van der Waals surface area contributed by atoms with Crippen LogP contribution < -0.4 is 4.74 Å². The summed E-state index contributed by atoms with van der Waals surface area (Å²) in [6.45, 7) is 5.57. The summed E-state index contributed by atoms with van der Waals surface area (Å²) in [4.78, 5) is 4.82. The summed E-state index contributed by atoms with van der Waals surface area (Å²) in [5.74, 6) is 0.883. The number of nitrogens with zero attached hydrogens (tertiary/aromatic N) is 2. The van der Waals surface area contributed by atoms with Gasteiger partial charge in [-0.15, -0.1) is 0 Å². The van der Waals surface area contributed by atoms with Crippen LogP contribution in [0.1, 0.15) is 12.5 Å². The monoisotopic (exact) mass is 312 g/mol. The van der Waals surface area contributed by atoms with Crippen LogP contribution in [0.25, 0.3) is 0 Å². The average molecular weight is 313 g/mol. The van der Waals surface area contributed by atoms with E-state index >= 15 is 0 Å². The molecule has 0 radical (unpaired) electrons. The van der Waals surface area contributed by atoms with E-state index in [2.05, 4.69) is 58.9 Å². The zero-order chi connectivity index (χ0) is 13.3. The van der Waals surface area contributed by atoms with Gasteiger partial charge in [0.15, 0.2) is 0 Å². The molecule has 0 amide bonds. The van der Waals surface area contributed by atoms with Gasteiger partial charge in [-0.1, -0.05) is 6.07 Å². The molecule has 1 fully saturated rings. The molecule has 18 heavy (non-hydrogen) atoms. The number of rotatable bonds is 2. The van der Waals surface area contributed by atoms with Crippen molar-refractivity contribution in [3.05, 3.63) is 28.2 Å². The van der Waals surface area contributed by atoms with Gasteiger partial charge >= 0.3 is 0 Å². The zero-order valence-corrected chi connectivity index (χ0v) is 13.1. The third-order valence-electron chi connectivity index (χ3n) is 4.01. The summed E-state index contributed by atoms with van der Waals surface area (Å²) in [5.41, 5.74) is 1.38. The van der Waals surface area contributed by atoms with E-state index in [0.717, 1.165) is 29.9 Å². The molecule has 1 aromatic carbocycles. The molecular weight excluding hydrogens is 292 g/mol. The molecule has 3 nitrogen and oxygen atoms in total. The molecule has 1 saturated heterocycles. The number of methoxy groups -OCH3 is 1. The average Bonchev–Trinajstić information content (AvgIpc) is 2.34. The summed E-state index contributed by atoms with van der Waals surface area (Å²) in [5, 5.41) is 0. The maximum atomic E-state index is 5.30. The first-order valence-corrected chi connectivity index (χ1v) is 7.00. The Morgan fingerprint density at radius 1 is 1.28 bits per heavy atom. The second kappa shape index (κ2) is 5.19. The van der Waals surface area contributed by atoms with Gasteiger partial charge in [0.1, 0.15) is 5.75 Å². The van der Waals surface area contributed by atoms with Crippen LogP contribution in [0, 0.1) is 0 Å². The highest BCUT2D eigenvalue weighted by molar-refractivity contribution is 9.10. The molecule has 0 aliphatic carbocycles. The van der Waals surface area contributed by atoms with Gasteiger partial charge < -0.3 is 9.64 Å². The number of hydrogen-bond donors (Lipinski definition) is 0. The van der Waals surface area contributed by atoms with E-state index in [1.807, 2.05) is 6.07 Å². The predicted molar refractivity (Wildman–Crippen MR) is 78.2 cm³/mol. The fourth-order valence-electron chi connectivity index (χ4n) is 2.61. The molecule has 4 heteroatoms. The molecule has 100 valence electrons. The Labute approximate surface area is 118 Å². The second-order valence-electron chi connectivity index (χ2n) is 5.28. The van der Waals surface area contributed by atoms with Gasteiger partial charge in [0, 0.05) is 19.6 Å². The summed E-state index contributed by atoms with van der Waals surface area (Å²) >= 11 is 3.58. The fourth-order valence-corrected chi connectivity index (χ4v) is 3.15. The van der Waals surface area contributed by atoms with Crippen LogP contribution >= 0.6 is 15.9 Å². The van der Waals surface area contributed by atoms with Crippen LogP contribution in [0.5, 0.6) is 5.75 Å². The minimum atomic E-state index is 0.0573. The van der Waals surface area contributed by atoms with Gasteiger partial charge in [0.2, 0.25) is 0 Å². The van der Waals surface area contributed by atoms with E-state index in [9.17, 15) is 0 Å². The van der Waals surface area contributed by atoms with Crippen molar-refractivity contribution in [2.75, 3.05) is 40.8 Å². The van der Waals surface area contributed by atoms with Crippen LogP contribution in [0.3, 0.4) is 0 Å². The Morgan fingerprint density at radius 2 is 2.00 bits per heavy atom. The van der Waals surface area contributed by atoms with E-state index in [4.69, 9.17) is 4.74 Å². The van der Waals surface area contributed by atoms with Gasteiger partial charge in [-0.2, -0.15) is 0 Å². The summed E-state index contributed by atoms with van der Waals surface area (Å²) in [6, 6.07) is 6.38. The molecule has 1 unspecified atom stereocenters. The third-order valence-corrected chi connectivity index (χ3v) is 4.63. The Balaban J connectivity index is 2.36. The molecule has 0 spiro atoms. The first-order valence-electron chi connectivity index (χ1n) is 6.21. The molecule has 0 N–H and O–H groups in total. The molecular formula is C14H21BrN2O. The van der Waals surface area contributed by atoms with Crippen molar-refractivity contribution in [1.29, 1.82) is 0 Å². The van der Waals surface area contributed by atoms with Crippen LogP contribution in [0.4, 0.5) is 0 Å². The second-order valence-corrected chi connectivity index (χ2v) is 6.14. The standard InChI is InChI=1S/C14H21BrN2O/c1-14(10-16(2)7-8-17(14)3)11-5-6-13(18-4)12(15)9-11/h5-6,9H,7-8,10H2,1-4H3. The highest BCUT2D eigenvalue weighted by atomic mass is 79.9. The Hall–Kier alpha value is -0.580. The van der Waals surface area contributed by atoms with Crippen molar-refractivity contribution < 1.29 is 4.74 Å². The van der Waals surface area contributed by atoms with Crippen LogP contribution in [-0.4, -0.2) is 50.6 Å². The number of halogens is 1. The fraction of sp³-hybridized carbons (Fsp3) is 0.571. The van der Waals surface area contributed by atoms with Crippen LogP contribution in [0.15, 0.2) is 22.7 Å². The largest absolute Gasteiger partial charge is 0.496 e. The van der Waals surface area contributed by atoms with Gasteiger partial charge in [-0.3, -0.25) is 4.90 Å². The number of likely N-dealkylation sites (N-methyl/N-ethyl adjacent to an activating group) is 2. The lowest BCUT2D eigenvalue weighted by atomic mass is 9.88. The number of hydrogen-bond acceptors (Lipinski definition) is 3. The van der Waals surface area contributed by atoms with Crippen LogP contribution in [-0.2, 0) is 5.54 Å². The first kappa shape index (κ1) is 13.8. The van der Waals surface area contributed by atoms with Crippen molar-refractivity contribution >= 4 is 15.9 Å². The van der Waals surface area contributed by atoms with Crippen molar-refractivity contribution in [3.8, 4) is 5.75 Å². The minimum absolute atomic E-state index is 0.0573. The quantitative estimate of drug-likeness (QED) is 0.834.